The maximum absolute atomic E-state index is 13.1. The van der Waals surface area contributed by atoms with Crippen LogP contribution < -0.4 is 15.8 Å². The molecule has 1 fully saturated rings. The molecule has 1 atom stereocenters. The molecule has 0 saturated carbocycles. The predicted octanol–water partition coefficient (Wildman–Crippen LogP) is 3.33. The van der Waals surface area contributed by atoms with Gasteiger partial charge in [-0.15, -0.1) is 5.10 Å². The van der Waals surface area contributed by atoms with E-state index in [-0.39, 0.29) is 17.5 Å². The van der Waals surface area contributed by atoms with Crippen molar-refractivity contribution in [2.45, 2.75) is 52.5 Å². The molecule has 0 unspecified atom stereocenters. The number of fused-ring (bicyclic) bond motifs is 1. The Morgan fingerprint density at radius 3 is 2.79 bits per heavy atom. The highest BCUT2D eigenvalue weighted by molar-refractivity contribution is 7.20. The molecule has 3 aromatic rings. The molecule has 152 valence electrons. The lowest BCUT2D eigenvalue weighted by Crippen LogP contribution is -2.40. The summed E-state index contributed by atoms with van der Waals surface area (Å²) in [5, 5.41) is 8.25. The van der Waals surface area contributed by atoms with Crippen LogP contribution in [0.15, 0.2) is 29.1 Å². The summed E-state index contributed by atoms with van der Waals surface area (Å²) < 4.78 is 1.35. The van der Waals surface area contributed by atoms with Crippen molar-refractivity contribution in [1.82, 2.24) is 14.6 Å². The lowest BCUT2D eigenvalue weighted by atomic mass is 10.1. The van der Waals surface area contributed by atoms with Gasteiger partial charge in [0.1, 0.15) is 6.04 Å². The summed E-state index contributed by atoms with van der Waals surface area (Å²) >= 11 is 1.37. The fourth-order valence-corrected chi connectivity index (χ4v) is 4.83. The average molecular weight is 412 g/mol. The summed E-state index contributed by atoms with van der Waals surface area (Å²) in [6, 6.07) is 7.22. The van der Waals surface area contributed by atoms with Gasteiger partial charge in [-0.05, 0) is 44.2 Å². The van der Waals surface area contributed by atoms with E-state index in [9.17, 15) is 9.59 Å². The van der Waals surface area contributed by atoms with E-state index in [0.29, 0.717) is 10.1 Å². The first-order valence-corrected chi connectivity index (χ1v) is 10.8. The molecule has 1 aliphatic rings. The Hall–Kier alpha value is -2.74. The molecular weight excluding hydrogens is 386 g/mol. The number of amides is 1. The van der Waals surface area contributed by atoms with E-state index < -0.39 is 0 Å². The van der Waals surface area contributed by atoms with Crippen molar-refractivity contribution in [3.05, 3.63) is 51.4 Å². The molecule has 7 nitrogen and oxygen atoms in total. The van der Waals surface area contributed by atoms with Crippen LogP contribution >= 0.6 is 11.3 Å². The molecule has 8 heteroatoms. The Kier molecular flexibility index (Phi) is 5.36. The van der Waals surface area contributed by atoms with Crippen molar-refractivity contribution in [2.75, 3.05) is 16.8 Å². The average Bonchev–Trinajstić information content (AvgIpc) is 3.32. The zero-order valence-electron chi connectivity index (χ0n) is 16.9. The number of aromatic nitrogens is 3. The normalized spacial score (nSPS) is 16.5. The molecular formula is C21H25N5O2S. The van der Waals surface area contributed by atoms with E-state index in [0.717, 1.165) is 54.7 Å². The van der Waals surface area contributed by atoms with Gasteiger partial charge in [0.15, 0.2) is 0 Å². The molecule has 2 aromatic heterocycles. The minimum absolute atomic E-state index is 0.0360. The van der Waals surface area contributed by atoms with E-state index in [2.05, 4.69) is 22.3 Å². The fraction of sp³-hybridized carbons (Fsp3) is 0.429. The fourth-order valence-electron chi connectivity index (χ4n) is 3.83. The van der Waals surface area contributed by atoms with Gasteiger partial charge in [0.2, 0.25) is 16.0 Å². The van der Waals surface area contributed by atoms with Gasteiger partial charge >= 0.3 is 0 Å². The molecule has 0 radical (unpaired) electrons. The lowest BCUT2D eigenvalue weighted by Gasteiger charge is -2.23. The maximum Gasteiger partial charge on any atom is 0.275 e. The van der Waals surface area contributed by atoms with Crippen LogP contribution in [0.4, 0.5) is 10.8 Å². The van der Waals surface area contributed by atoms with Crippen LogP contribution in [-0.4, -0.2) is 33.1 Å². The number of rotatable bonds is 5. The van der Waals surface area contributed by atoms with Gasteiger partial charge in [0.25, 0.3) is 5.56 Å². The number of carbonyl (C=O) groups is 1. The topological polar surface area (TPSA) is 79.6 Å². The number of para-hydroxylation sites is 1. The standard InChI is InChI=1S/C21H25N5O2S/c1-4-7-15-12-17(27)26-20(22-15)29-21(24-26)25-11-6-10-16(25)19(28)23-18-13(2)8-5-9-14(18)3/h5,8-9,12,16H,4,6-7,10-11H2,1-3H3,(H,23,28)/t16-/m0/s1. The molecule has 3 heterocycles. The number of anilines is 2. The highest BCUT2D eigenvalue weighted by atomic mass is 32.1. The largest absolute Gasteiger partial charge is 0.335 e. The molecule has 4 rings (SSSR count). The minimum Gasteiger partial charge on any atom is -0.335 e. The van der Waals surface area contributed by atoms with Gasteiger partial charge in [0, 0.05) is 24.0 Å². The van der Waals surface area contributed by atoms with E-state index in [1.807, 2.05) is 36.9 Å². The predicted molar refractivity (Wildman–Crippen MR) is 116 cm³/mol. The first-order valence-electron chi connectivity index (χ1n) is 10.0. The molecule has 0 aliphatic carbocycles. The van der Waals surface area contributed by atoms with Crippen LogP contribution in [0.25, 0.3) is 4.96 Å². The molecule has 1 amide bonds. The second-order valence-corrected chi connectivity index (χ2v) is 8.46. The van der Waals surface area contributed by atoms with Crippen LogP contribution in [0, 0.1) is 13.8 Å². The Labute approximate surface area is 173 Å². The van der Waals surface area contributed by atoms with Crippen LogP contribution in [0.5, 0.6) is 0 Å². The Balaban J connectivity index is 1.62. The third kappa shape index (κ3) is 3.76. The molecule has 29 heavy (non-hydrogen) atoms. The summed E-state index contributed by atoms with van der Waals surface area (Å²) in [6.45, 7) is 6.79. The van der Waals surface area contributed by atoms with Crippen molar-refractivity contribution in [3.8, 4) is 0 Å². The van der Waals surface area contributed by atoms with Crippen molar-refractivity contribution in [1.29, 1.82) is 0 Å². The molecule has 1 saturated heterocycles. The zero-order valence-corrected chi connectivity index (χ0v) is 17.8. The summed E-state index contributed by atoms with van der Waals surface area (Å²) in [5.74, 6) is -0.0360. The van der Waals surface area contributed by atoms with Gasteiger partial charge in [-0.2, -0.15) is 4.52 Å². The molecule has 1 aliphatic heterocycles. The first kappa shape index (κ1) is 19.6. The number of benzene rings is 1. The number of aryl methyl sites for hydroxylation is 3. The number of hydrogen-bond donors (Lipinski definition) is 1. The van der Waals surface area contributed by atoms with Crippen molar-refractivity contribution in [3.63, 3.8) is 0 Å². The summed E-state index contributed by atoms with van der Waals surface area (Å²) in [6.07, 6.45) is 3.37. The Morgan fingerprint density at radius 1 is 1.31 bits per heavy atom. The van der Waals surface area contributed by atoms with Crippen molar-refractivity contribution in [2.24, 2.45) is 0 Å². The minimum atomic E-state index is -0.305. The van der Waals surface area contributed by atoms with Gasteiger partial charge in [-0.25, -0.2) is 4.98 Å². The second kappa shape index (κ2) is 7.94. The molecule has 1 aromatic carbocycles. The number of nitrogens with one attached hydrogen (secondary N) is 1. The monoisotopic (exact) mass is 411 g/mol. The van der Waals surface area contributed by atoms with Gasteiger partial charge < -0.3 is 10.2 Å². The quantitative estimate of drug-likeness (QED) is 0.697. The molecule has 0 spiro atoms. The lowest BCUT2D eigenvalue weighted by molar-refractivity contribution is -0.117. The van der Waals surface area contributed by atoms with E-state index in [1.54, 1.807) is 6.07 Å². The van der Waals surface area contributed by atoms with Gasteiger partial charge in [0.05, 0.1) is 0 Å². The smallest absolute Gasteiger partial charge is 0.275 e. The third-order valence-electron chi connectivity index (χ3n) is 5.32. The van der Waals surface area contributed by atoms with E-state index in [4.69, 9.17) is 0 Å². The summed E-state index contributed by atoms with van der Waals surface area (Å²) in [7, 11) is 0. The zero-order chi connectivity index (χ0) is 20.5. The van der Waals surface area contributed by atoms with E-state index in [1.165, 1.54) is 15.9 Å². The van der Waals surface area contributed by atoms with Crippen LogP contribution in [0.2, 0.25) is 0 Å². The number of hydrogen-bond acceptors (Lipinski definition) is 6. The number of nitrogens with zero attached hydrogens (tertiary/aromatic N) is 4. The summed E-state index contributed by atoms with van der Waals surface area (Å²) in [4.78, 5) is 32.6. The SMILES string of the molecule is CCCc1cc(=O)n2nc(N3CCC[C@H]3C(=O)Nc3c(C)cccc3C)sc2n1. The van der Waals surface area contributed by atoms with Gasteiger partial charge in [-0.1, -0.05) is 42.9 Å². The van der Waals surface area contributed by atoms with E-state index >= 15 is 0 Å². The van der Waals surface area contributed by atoms with Crippen LogP contribution in [-0.2, 0) is 11.2 Å². The Bertz CT molecular complexity index is 1100. The molecule has 0 bridgehead atoms. The summed E-state index contributed by atoms with van der Waals surface area (Å²) in [5.41, 5.74) is 3.58. The number of carbonyl (C=O) groups excluding carboxylic acids is 1. The Morgan fingerprint density at radius 2 is 2.07 bits per heavy atom. The first-order chi connectivity index (χ1) is 14.0. The van der Waals surface area contributed by atoms with Crippen LogP contribution in [0.1, 0.15) is 43.0 Å². The third-order valence-corrected chi connectivity index (χ3v) is 6.27. The maximum atomic E-state index is 13.1. The molecule has 1 N–H and O–H groups in total. The van der Waals surface area contributed by atoms with Gasteiger partial charge in [-0.3, -0.25) is 9.59 Å². The van der Waals surface area contributed by atoms with Crippen molar-refractivity contribution >= 4 is 33.0 Å². The highest BCUT2D eigenvalue weighted by Gasteiger charge is 2.33. The van der Waals surface area contributed by atoms with Crippen molar-refractivity contribution < 1.29 is 4.79 Å². The second-order valence-electron chi connectivity index (χ2n) is 7.52. The van der Waals surface area contributed by atoms with Crippen LogP contribution in [0.3, 0.4) is 0 Å². The highest BCUT2D eigenvalue weighted by Crippen LogP contribution is 2.30.